The smallest absolute Gasteiger partial charge is 0.224 e. The Morgan fingerprint density at radius 3 is 2.95 bits per heavy atom. The first-order valence-electron chi connectivity index (χ1n) is 5.06. The number of amidine groups is 1. The summed E-state index contributed by atoms with van der Waals surface area (Å²) in [5.41, 5.74) is 11.8. The van der Waals surface area contributed by atoms with E-state index in [0.29, 0.717) is 5.56 Å². The van der Waals surface area contributed by atoms with Crippen molar-refractivity contribution in [3.63, 3.8) is 0 Å². The second-order valence-electron chi connectivity index (χ2n) is 3.47. The number of aromatic nitrogens is 2. The molecule has 0 aliphatic rings. The van der Waals surface area contributed by atoms with Crippen LogP contribution in [0.2, 0.25) is 0 Å². The number of hydrazone groups is 1. The Morgan fingerprint density at radius 2 is 2.26 bits per heavy atom. The van der Waals surface area contributed by atoms with E-state index in [-0.39, 0.29) is 23.1 Å². The Bertz CT molecular complexity index is 651. The van der Waals surface area contributed by atoms with Gasteiger partial charge in [-0.15, -0.1) is 5.10 Å². The number of hydrogen-bond donors (Lipinski definition) is 4. The lowest BCUT2D eigenvalue weighted by molar-refractivity contribution is -0.456. The van der Waals surface area contributed by atoms with Crippen molar-refractivity contribution >= 4 is 33.8 Å². The molecular formula is C10H10BrN6O2+. The van der Waals surface area contributed by atoms with Crippen molar-refractivity contribution in [1.29, 1.82) is 0 Å². The highest BCUT2D eigenvalue weighted by Crippen LogP contribution is 2.19. The van der Waals surface area contributed by atoms with Gasteiger partial charge in [0.2, 0.25) is 12.1 Å². The van der Waals surface area contributed by atoms with Crippen LogP contribution >= 0.6 is 15.9 Å². The third-order valence-electron chi connectivity index (χ3n) is 2.15. The van der Waals surface area contributed by atoms with Crippen LogP contribution in [0.25, 0.3) is 0 Å². The zero-order valence-electron chi connectivity index (χ0n) is 9.54. The quantitative estimate of drug-likeness (QED) is 0.322. The fourth-order valence-corrected chi connectivity index (χ4v) is 1.62. The highest BCUT2D eigenvalue weighted by Gasteiger charge is 2.12. The number of rotatable bonds is 3. The summed E-state index contributed by atoms with van der Waals surface area (Å²) in [5, 5.41) is 22.9. The number of phenols is 1. The molecule has 0 saturated heterocycles. The van der Waals surface area contributed by atoms with Crippen LogP contribution in [0.1, 0.15) is 11.3 Å². The van der Waals surface area contributed by atoms with Crippen molar-refractivity contribution in [2.45, 2.75) is 0 Å². The molecule has 0 radical (unpaired) electrons. The first-order valence-corrected chi connectivity index (χ1v) is 5.86. The number of nitrogens with zero attached hydrogens (tertiary/aromatic N) is 3. The first-order chi connectivity index (χ1) is 9.08. The Kier molecular flexibility index (Phi) is 3.76. The normalized spacial score (nSPS) is 12.2. The van der Waals surface area contributed by atoms with Crippen molar-refractivity contribution in [2.24, 2.45) is 10.8 Å². The molecule has 2 rings (SSSR count). The van der Waals surface area contributed by atoms with E-state index in [9.17, 15) is 5.11 Å². The molecule has 0 aliphatic carbocycles. The highest BCUT2D eigenvalue weighted by molar-refractivity contribution is 9.10. The molecule has 6 N–H and O–H groups in total. The van der Waals surface area contributed by atoms with E-state index in [1.165, 1.54) is 6.21 Å². The van der Waals surface area contributed by atoms with Gasteiger partial charge in [0.25, 0.3) is 0 Å². The third kappa shape index (κ3) is 3.07. The van der Waals surface area contributed by atoms with Gasteiger partial charge in [0.05, 0.1) is 5.56 Å². The Labute approximate surface area is 115 Å². The number of hydrogen-bond acceptors (Lipinski definition) is 6. The van der Waals surface area contributed by atoms with E-state index in [2.05, 4.69) is 41.1 Å². The van der Waals surface area contributed by atoms with Crippen LogP contribution in [0, 0.1) is 0 Å². The van der Waals surface area contributed by atoms with Crippen molar-refractivity contribution in [3.8, 4) is 5.75 Å². The van der Waals surface area contributed by atoms with Gasteiger partial charge in [-0.3, -0.25) is 0 Å². The van der Waals surface area contributed by atoms with E-state index < -0.39 is 0 Å². The molecule has 0 saturated carbocycles. The maximum absolute atomic E-state index is 9.60. The van der Waals surface area contributed by atoms with Crippen LogP contribution in [-0.4, -0.2) is 27.5 Å². The summed E-state index contributed by atoms with van der Waals surface area (Å²) in [6.45, 7) is 0. The molecule has 19 heavy (non-hydrogen) atoms. The third-order valence-corrected chi connectivity index (χ3v) is 2.64. The van der Waals surface area contributed by atoms with Gasteiger partial charge < -0.3 is 16.6 Å². The average Bonchev–Trinajstić information content (AvgIpc) is 2.80. The molecule has 0 atom stereocenters. The second-order valence-corrected chi connectivity index (χ2v) is 4.39. The molecule has 1 heterocycles. The van der Waals surface area contributed by atoms with Crippen molar-refractivity contribution in [2.75, 3.05) is 5.73 Å². The summed E-state index contributed by atoms with van der Waals surface area (Å²) >= 11 is 3.29. The number of nitrogen functional groups attached to an aromatic ring is 1. The summed E-state index contributed by atoms with van der Waals surface area (Å²) in [7, 11) is 0. The Hall–Kier alpha value is -2.42. The minimum atomic E-state index is 0.0180. The van der Waals surface area contributed by atoms with Gasteiger partial charge in [-0.05, 0) is 28.5 Å². The van der Waals surface area contributed by atoms with E-state index in [0.717, 1.165) is 4.47 Å². The van der Waals surface area contributed by atoms with Crippen molar-refractivity contribution in [1.82, 2.24) is 10.3 Å². The van der Waals surface area contributed by atoms with Crippen LogP contribution in [0.5, 0.6) is 5.75 Å². The van der Waals surface area contributed by atoms with Gasteiger partial charge in [0, 0.05) is 9.57 Å². The largest absolute Gasteiger partial charge is 0.507 e. The number of anilines is 1. The van der Waals surface area contributed by atoms with Crippen LogP contribution in [-0.2, 0) is 0 Å². The lowest BCUT2D eigenvalue weighted by atomic mass is 10.2. The Balaban J connectivity index is 2.20. The molecule has 8 nitrogen and oxygen atoms in total. The number of nitrogens with one attached hydrogen (secondary N) is 1. The SMILES string of the molecule is NC(=N/[NH+]=C/c1cc(Br)ccc1O)c1nonc1N. The lowest BCUT2D eigenvalue weighted by Gasteiger charge is -1.95. The first kappa shape index (κ1) is 13.0. The fraction of sp³-hybridized carbons (Fsp3) is 0. The monoisotopic (exact) mass is 325 g/mol. The zero-order chi connectivity index (χ0) is 13.8. The van der Waals surface area contributed by atoms with Gasteiger partial charge in [-0.25, -0.2) is 4.63 Å². The van der Waals surface area contributed by atoms with E-state index >= 15 is 0 Å². The summed E-state index contributed by atoms with van der Waals surface area (Å²) in [5.74, 6) is 0.171. The van der Waals surface area contributed by atoms with Gasteiger partial charge in [-0.1, -0.05) is 15.9 Å². The summed E-state index contributed by atoms with van der Waals surface area (Å²) in [6, 6.07) is 4.97. The number of halogens is 1. The van der Waals surface area contributed by atoms with E-state index in [4.69, 9.17) is 11.5 Å². The molecule has 0 bridgehead atoms. The Morgan fingerprint density at radius 1 is 1.47 bits per heavy atom. The van der Waals surface area contributed by atoms with Gasteiger partial charge in [0.15, 0.2) is 11.5 Å². The fourth-order valence-electron chi connectivity index (χ4n) is 1.24. The minimum absolute atomic E-state index is 0.0180. The predicted octanol–water partition coefficient (Wildman–Crippen LogP) is -1.06. The summed E-state index contributed by atoms with van der Waals surface area (Å²) in [6.07, 6.45) is 1.47. The van der Waals surface area contributed by atoms with Crippen LogP contribution in [0.4, 0.5) is 5.82 Å². The number of nitrogens with two attached hydrogens (primary N) is 2. The number of aromatic hydroxyl groups is 1. The topological polar surface area (TPSA) is 138 Å². The molecule has 1 aromatic heterocycles. The molecule has 2 aromatic rings. The number of phenolic OH excluding ortho intramolecular Hbond substituents is 1. The molecule has 0 aliphatic heterocycles. The van der Waals surface area contributed by atoms with Gasteiger partial charge >= 0.3 is 0 Å². The molecule has 0 unspecified atom stereocenters. The molecular weight excluding hydrogens is 316 g/mol. The minimum Gasteiger partial charge on any atom is -0.507 e. The molecule has 1 aromatic carbocycles. The molecule has 98 valence electrons. The predicted molar refractivity (Wildman–Crippen MR) is 71.4 cm³/mol. The molecule has 0 amide bonds. The molecule has 9 heteroatoms. The maximum Gasteiger partial charge on any atom is 0.224 e. The molecule has 0 spiro atoms. The second kappa shape index (κ2) is 5.48. The van der Waals surface area contributed by atoms with Crippen molar-refractivity contribution < 1.29 is 14.8 Å². The lowest BCUT2D eigenvalue weighted by Crippen LogP contribution is -2.63. The van der Waals surface area contributed by atoms with E-state index in [1.54, 1.807) is 18.2 Å². The number of benzene rings is 1. The van der Waals surface area contributed by atoms with Crippen LogP contribution in [0.15, 0.2) is 32.4 Å². The van der Waals surface area contributed by atoms with E-state index in [1.807, 2.05) is 0 Å². The zero-order valence-corrected chi connectivity index (χ0v) is 11.1. The molecule has 0 fully saturated rings. The van der Waals surface area contributed by atoms with Crippen molar-refractivity contribution in [3.05, 3.63) is 33.9 Å². The van der Waals surface area contributed by atoms with Crippen LogP contribution < -0.4 is 16.6 Å². The standard InChI is InChI=1S/C10H9BrN6O2/c11-6-1-2-7(18)5(3-6)4-14-15-9(12)8-10(13)17-19-16-8/h1-4,18H,(H2,12,15)(H2,13,17)/p+1/b14-4+. The maximum atomic E-state index is 9.60. The average molecular weight is 326 g/mol. The van der Waals surface area contributed by atoms with Gasteiger partial charge in [-0.2, -0.15) is 0 Å². The summed E-state index contributed by atoms with van der Waals surface area (Å²) < 4.78 is 5.22. The highest BCUT2D eigenvalue weighted by atomic mass is 79.9. The van der Waals surface area contributed by atoms with Gasteiger partial charge in [0.1, 0.15) is 5.75 Å². The van der Waals surface area contributed by atoms with Crippen LogP contribution in [0.3, 0.4) is 0 Å². The summed E-state index contributed by atoms with van der Waals surface area (Å²) in [4.78, 5) is 0.